The minimum absolute atomic E-state index is 0.141. The number of fused-ring (bicyclic) bond motifs is 1. The minimum Gasteiger partial charge on any atom is -0.310 e. The highest BCUT2D eigenvalue weighted by Crippen LogP contribution is 2.27. The number of nitrogens with one attached hydrogen (secondary N) is 2. The van der Waals surface area contributed by atoms with Crippen molar-refractivity contribution in [3.63, 3.8) is 0 Å². The molecule has 1 aromatic carbocycles. The predicted octanol–water partition coefficient (Wildman–Crippen LogP) is 1.28. The molecule has 0 bridgehead atoms. The average molecular weight is 355 g/mol. The number of H-pyrrole nitrogens is 1. The number of aromatic nitrogens is 6. The van der Waals surface area contributed by atoms with Crippen molar-refractivity contribution < 1.29 is 0 Å². The summed E-state index contributed by atoms with van der Waals surface area (Å²) in [4.78, 5) is 11.6. The van der Waals surface area contributed by atoms with E-state index in [9.17, 15) is 4.79 Å². The molecule has 26 heavy (non-hydrogen) atoms. The van der Waals surface area contributed by atoms with Crippen molar-refractivity contribution in [1.82, 2.24) is 35.1 Å². The first-order valence-corrected chi connectivity index (χ1v) is 9.24. The molecule has 138 valence electrons. The van der Waals surface area contributed by atoms with Crippen LogP contribution in [0.5, 0.6) is 0 Å². The van der Waals surface area contributed by atoms with Crippen LogP contribution in [0.4, 0.5) is 0 Å². The zero-order valence-electron chi connectivity index (χ0n) is 15.3. The molecule has 2 N–H and O–H groups in total. The number of nitrogens with zero attached hydrogens (tertiary/aromatic N) is 5. The highest BCUT2D eigenvalue weighted by atomic mass is 16.1. The quantitative estimate of drug-likeness (QED) is 0.719. The van der Waals surface area contributed by atoms with Gasteiger partial charge in [-0.2, -0.15) is 5.10 Å². The number of hydrogen-bond acceptors (Lipinski definition) is 5. The number of rotatable bonds is 5. The summed E-state index contributed by atoms with van der Waals surface area (Å²) in [7, 11) is 3.69. The number of aromatic amines is 1. The second-order valence-corrected chi connectivity index (χ2v) is 7.28. The van der Waals surface area contributed by atoms with Gasteiger partial charge in [0.15, 0.2) is 0 Å². The van der Waals surface area contributed by atoms with Crippen LogP contribution in [0.2, 0.25) is 0 Å². The molecule has 1 aliphatic carbocycles. The molecule has 4 rings (SSSR count). The summed E-state index contributed by atoms with van der Waals surface area (Å²) in [5.74, 6) is 1.34. The zero-order valence-corrected chi connectivity index (χ0v) is 15.3. The van der Waals surface area contributed by atoms with Gasteiger partial charge in [0.2, 0.25) is 0 Å². The van der Waals surface area contributed by atoms with E-state index in [1.165, 1.54) is 24.8 Å². The zero-order chi connectivity index (χ0) is 18.1. The molecule has 8 nitrogen and oxygen atoms in total. The molecule has 0 amide bonds. The van der Waals surface area contributed by atoms with Gasteiger partial charge in [0.25, 0.3) is 0 Å². The summed E-state index contributed by atoms with van der Waals surface area (Å²) in [6, 6.07) is 6.75. The minimum atomic E-state index is -0.141. The van der Waals surface area contributed by atoms with Crippen LogP contribution in [0.15, 0.2) is 23.0 Å². The third-order valence-corrected chi connectivity index (χ3v) is 5.57. The first kappa shape index (κ1) is 17.0. The topological polar surface area (TPSA) is 93.4 Å². The van der Waals surface area contributed by atoms with Gasteiger partial charge in [-0.05, 0) is 36.5 Å². The van der Waals surface area contributed by atoms with Crippen molar-refractivity contribution in [2.24, 2.45) is 20.0 Å². The predicted molar refractivity (Wildman–Crippen MR) is 98.6 cm³/mol. The number of aryl methyl sites for hydroxylation is 1. The van der Waals surface area contributed by atoms with Crippen LogP contribution in [-0.4, -0.2) is 35.8 Å². The van der Waals surface area contributed by atoms with E-state index >= 15 is 0 Å². The molecule has 1 saturated carbocycles. The molecule has 2 aromatic heterocycles. The second-order valence-electron chi connectivity index (χ2n) is 7.28. The van der Waals surface area contributed by atoms with E-state index in [1.54, 1.807) is 16.3 Å². The maximum Gasteiger partial charge on any atom is 0.343 e. The molecule has 2 heterocycles. The van der Waals surface area contributed by atoms with Crippen LogP contribution in [0, 0.1) is 5.92 Å². The van der Waals surface area contributed by atoms with Crippen LogP contribution in [0.3, 0.4) is 0 Å². The van der Waals surface area contributed by atoms with Gasteiger partial charge in [0.1, 0.15) is 11.3 Å². The van der Waals surface area contributed by atoms with E-state index in [0.717, 1.165) is 36.2 Å². The highest BCUT2D eigenvalue weighted by molar-refractivity contribution is 5.74. The fraction of sp³-hybridized carbons (Fsp3) is 0.556. The normalized spacial score (nSPS) is 20.7. The SMILES string of the molecule is Cn1c(C[C@H]2CCCC[C@H]2NCc2ccc3c(c2)nnn3C)n[nH]c1=O. The first-order chi connectivity index (χ1) is 12.6. The Morgan fingerprint density at radius 1 is 1.27 bits per heavy atom. The van der Waals surface area contributed by atoms with E-state index in [-0.39, 0.29) is 5.69 Å². The Kier molecular flexibility index (Phi) is 4.58. The molecular weight excluding hydrogens is 330 g/mol. The fourth-order valence-electron chi connectivity index (χ4n) is 3.96. The summed E-state index contributed by atoms with van der Waals surface area (Å²) in [5, 5.41) is 18.7. The molecule has 0 radical (unpaired) electrons. The monoisotopic (exact) mass is 355 g/mol. The lowest BCUT2D eigenvalue weighted by Gasteiger charge is -2.32. The van der Waals surface area contributed by atoms with Crippen LogP contribution in [0.1, 0.15) is 37.1 Å². The van der Waals surface area contributed by atoms with Crippen LogP contribution >= 0.6 is 0 Å². The van der Waals surface area contributed by atoms with Gasteiger partial charge in [-0.3, -0.25) is 4.57 Å². The highest BCUT2D eigenvalue weighted by Gasteiger charge is 2.26. The van der Waals surface area contributed by atoms with Gasteiger partial charge in [0.05, 0.1) is 5.52 Å². The Bertz CT molecular complexity index is 954. The lowest BCUT2D eigenvalue weighted by atomic mass is 9.82. The van der Waals surface area contributed by atoms with Crippen molar-refractivity contribution in [2.45, 2.75) is 44.7 Å². The van der Waals surface area contributed by atoms with Gasteiger partial charge in [-0.1, -0.05) is 24.1 Å². The summed E-state index contributed by atoms with van der Waals surface area (Å²) in [5.41, 5.74) is 3.05. The van der Waals surface area contributed by atoms with Crippen molar-refractivity contribution in [3.05, 3.63) is 40.1 Å². The molecule has 1 fully saturated rings. The van der Waals surface area contributed by atoms with E-state index in [0.29, 0.717) is 12.0 Å². The standard InChI is InChI=1S/C18H25N7O/c1-24-17(21-22-18(24)26)10-13-5-3-4-6-14(13)19-11-12-7-8-16-15(9-12)20-23-25(16)2/h7-9,13-14,19H,3-6,10-11H2,1-2H3,(H,22,26)/t13-,14-/m1/s1. The van der Waals surface area contributed by atoms with Gasteiger partial charge in [-0.25, -0.2) is 14.6 Å². The van der Waals surface area contributed by atoms with E-state index in [1.807, 2.05) is 7.05 Å². The van der Waals surface area contributed by atoms with Gasteiger partial charge in [0, 0.05) is 33.1 Å². The Morgan fingerprint density at radius 2 is 2.12 bits per heavy atom. The number of benzene rings is 1. The third-order valence-electron chi connectivity index (χ3n) is 5.57. The maximum atomic E-state index is 11.6. The maximum absolute atomic E-state index is 11.6. The van der Waals surface area contributed by atoms with Gasteiger partial charge in [-0.15, -0.1) is 5.10 Å². The molecule has 0 aliphatic heterocycles. The Hall–Kier alpha value is -2.48. The van der Waals surface area contributed by atoms with Crippen molar-refractivity contribution in [1.29, 1.82) is 0 Å². The van der Waals surface area contributed by atoms with Gasteiger partial charge >= 0.3 is 5.69 Å². The second kappa shape index (κ2) is 7.03. The summed E-state index contributed by atoms with van der Waals surface area (Å²) >= 11 is 0. The third kappa shape index (κ3) is 3.29. The molecular formula is C18H25N7O. The van der Waals surface area contributed by atoms with Crippen molar-refractivity contribution in [3.8, 4) is 0 Å². The fourth-order valence-corrected chi connectivity index (χ4v) is 3.96. The van der Waals surface area contributed by atoms with Gasteiger partial charge < -0.3 is 5.32 Å². The van der Waals surface area contributed by atoms with E-state index in [4.69, 9.17) is 0 Å². The van der Waals surface area contributed by atoms with Crippen LogP contribution in [0.25, 0.3) is 11.0 Å². The number of hydrogen-bond donors (Lipinski definition) is 2. The Balaban J connectivity index is 1.44. The lowest BCUT2D eigenvalue weighted by Crippen LogP contribution is -2.39. The molecule has 1 aliphatic rings. The Morgan fingerprint density at radius 3 is 2.92 bits per heavy atom. The first-order valence-electron chi connectivity index (χ1n) is 9.24. The largest absolute Gasteiger partial charge is 0.343 e. The molecule has 0 unspecified atom stereocenters. The Labute approximate surface area is 151 Å². The van der Waals surface area contributed by atoms with E-state index in [2.05, 4.69) is 44.0 Å². The van der Waals surface area contributed by atoms with E-state index < -0.39 is 0 Å². The molecule has 0 saturated heterocycles. The molecule has 0 spiro atoms. The van der Waals surface area contributed by atoms with Crippen LogP contribution < -0.4 is 11.0 Å². The van der Waals surface area contributed by atoms with Crippen molar-refractivity contribution >= 4 is 11.0 Å². The summed E-state index contributed by atoms with van der Waals surface area (Å²) in [6.07, 6.45) is 5.65. The lowest BCUT2D eigenvalue weighted by molar-refractivity contribution is 0.255. The van der Waals surface area contributed by atoms with Crippen molar-refractivity contribution in [2.75, 3.05) is 0 Å². The summed E-state index contributed by atoms with van der Waals surface area (Å²) in [6.45, 7) is 0.813. The molecule has 2 atom stereocenters. The smallest absolute Gasteiger partial charge is 0.310 e. The summed E-state index contributed by atoms with van der Waals surface area (Å²) < 4.78 is 3.41. The molecule has 8 heteroatoms. The average Bonchev–Trinajstić information content (AvgIpc) is 3.18. The molecule has 3 aromatic rings. The van der Waals surface area contributed by atoms with Crippen LogP contribution in [-0.2, 0) is 27.1 Å².